The third-order valence-electron chi connectivity index (χ3n) is 5.24. The number of hydrogen-bond donors (Lipinski definition) is 1. The van der Waals surface area contributed by atoms with E-state index in [4.69, 9.17) is 0 Å². The first-order valence-corrected chi connectivity index (χ1v) is 11.9. The summed E-state index contributed by atoms with van der Waals surface area (Å²) < 4.78 is 0. The van der Waals surface area contributed by atoms with Crippen LogP contribution in [0.15, 0.2) is 64.9 Å². The highest BCUT2D eigenvalue weighted by Gasteiger charge is 2.25. The average Bonchev–Trinajstić information content (AvgIpc) is 3.18. The van der Waals surface area contributed by atoms with Gasteiger partial charge in [-0.25, -0.2) is 4.98 Å². The summed E-state index contributed by atoms with van der Waals surface area (Å²) in [5.41, 5.74) is 3.46. The van der Waals surface area contributed by atoms with E-state index in [0.29, 0.717) is 0 Å². The molecule has 0 bridgehead atoms. The molecule has 4 rings (SSSR count). The van der Waals surface area contributed by atoms with Gasteiger partial charge in [0.2, 0.25) is 0 Å². The molecule has 0 saturated carbocycles. The highest BCUT2D eigenvalue weighted by Crippen LogP contribution is 2.32. The number of benzene rings is 2. The molecule has 1 aliphatic heterocycles. The van der Waals surface area contributed by atoms with Gasteiger partial charge in [0.15, 0.2) is 0 Å². The third-order valence-corrected chi connectivity index (χ3v) is 7.19. The van der Waals surface area contributed by atoms with Crippen LogP contribution in [0.5, 0.6) is 0 Å². The van der Waals surface area contributed by atoms with Crippen LogP contribution in [0.25, 0.3) is 0 Å². The fourth-order valence-electron chi connectivity index (χ4n) is 3.66. The van der Waals surface area contributed by atoms with Gasteiger partial charge in [0.05, 0.1) is 10.7 Å². The summed E-state index contributed by atoms with van der Waals surface area (Å²) in [4.78, 5) is 10.3. The van der Waals surface area contributed by atoms with Crippen molar-refractivity contribution in [2.24, 2.45) is 0 Å². The largest absolute Gasteiger partial charge is 0.374 e. The third kappa shape index (κ3) is 5.47. The first-order chi connectivity index (χ1) is 14.2. The van der Waals surface area contributed by atoms with E-state index in [1.54, 1.807) is 23.1 Å². The van der Waals surface area contributed by atoms with E-state index in [0.717, 1.165) is 59.6 Å². The number of nitrogens with zero attached hydrogens (tertiary/aromatic N) is 3. The molecule has 0 amide bonds. The molecule has 0 aliphatic carbocycles. The minimum absolute atomic E-state index is 0.560. The molecular weight excluding hydrogens is 398 g/mol. The lowest BCUT2D eigenvalue weighted by Crippen LogP contribution is -2.47. The van der Waals surface area contributed by atoms with Gasteiger partial charge in [-0.2, -0.15) is 0 Å². The lowest BCUT2D eigenvalue weighted by molar-refractivity contribution is -0.0301. The maximum atomic E-state index is 11.1. The van der Waals surface area contributed by atoms with Gasteiger partial charge in [-0.1, -0.05) is 48.5 Å². The van der Waals surface area contributed by atoms with Crippen molar-refractivity contribution < 1.29 is 5.11 Å². The van der Waals surface area contributed by atoms with E-state index >= 15 is 0 Å². The second-order valence-electron chi connectivity index (χ2n) is 7.36. The number of piperazine rings is 1. The molecule has 2 aromatic carbocycles. The van der Waals surface area contributed by atoms with Crippen molar-refractivity contribution in [3.8, 4) is 0 Å². The van der Waals surface area contributed by atoms with Gasteiger partial charge in [-0.05, 0) is 18.6 Å². The molecule has 3 aromatic rings. The summed E-state index contributed by atoms with van der Waals surface area (Å²) in [7, 11) is 0. The van der Waals surface area contributed by atoms with Crippen LogP contribution < -0.4 is 0 Å². The maximum absolute atomic E-state index is 11.1. The second-order valence-corrected chi connectivity index (χ2v) is 9.44. The van der Waals surface area contributed by atoms with E-state index in [2.05, 4.69) is 62.6 Å². The Morgan fingerprint density at radius 2 is 1.76 bits per heavy atom. The maximum Gasteiger partial charge on any atom is 0.134 e. The molecule has 0 spiro atoms. The normalized spacial score (nSPS) is 16.8. The van der Waals surface area contributed by atoms with Gasteiger partial charge in [0, 0.05) is 54.3 Å². The van der Waals surface area contributed by atoms with Crippen molar-refractivity contribution in [3.05, 3.63) is 81.8 Å². The van der Waals surface area contributed by atoms with Crippen molar-refractivity contribution in [3.63, 3.8) is 0 Å². The zero-order chi connectivity index (χ0) is 20.1. The Kier molecular flexibility index (Phi) is 7.00. The smallest absolute Gasteiger partial charge is 0.134 e. The summed E-state index contributed by atoms with van der Waals surface area (Å²) in [5.74, 6) is 0.832. The molecule has 4 nitrogen and oxygen atoms in total. The molecule has 1 unspecified atom stereocenters. The Morgan fingerprint density at radius 1 is 1.03 bits per heavy atom. The number of hydrogen-bond acceptors (Lipinski definition) is 6. The number of aliphatic hydroxyl groups is 1. The number of aryl methyl sites for hydroxylation is 1. The van der Waals surface area contributed by atoms with E-state index in [-0.39, 0.29) is 0 Å². The van der Waals surface area contributed by atoms with Crippen molar-refractivity contribution in [2.75, 3.05) is 26.2 Å². The van der Waals surface area contributed by atoms with Crippen molar-refractivity contribution in [1.82, 2.24) is 14.8 Å². The fourth-order valence-corrected chi connectivity index (χ4v) is 5.34. The van der Waals surface area contributed by atoms with Crippen LogP contribution in [0.1, 0.15) is 28.1 Å². The second kappa shape index (κ2) is 9.87. The number of rotatable bonds is 7. The Labute approximate surface area is 181 Å². The molecular formula is C23H27N3OS2. The molecule has 1 aliphatic rings. The summed E-state index contributed by atoms with van der Waals surface area (Å²) in [6, 6.07) is 18.8. The van der Waals surface area contributed by atoms with Crippen LogP contribution in [-0.2, 0) is 12.3 Å². The Bertz CT molecular complexity index is 907. The Hall–Kier alpha value is -1.70. The predicted molar refractivity (Wildman–Crippen MR) is 121 cm³/mol. The zero-order valence-electron chi connectivity index (χ0n) is 16.7. The highest BCUT2D eigenvalue weighted by atomic mass is 32.2. The average molecular weight is 426 g/mol. The van der Waals surface area contributed by atoms with Crippen LogP contribution in [0.3, 0.4) is 0 Å². The number of aromatic nitrogens is 1. The van der Waals surface area contributed by atoms with Crippen LogP contribution in [0.4, 0.5) is 0 Å². The lowest BCUT2D eigenvalue weighted by atomic mass is 10.1. The van der Waals surface area contributed by atoms with Gasteiger partial charge >= 0.3 is 0 Å². The van der Waals surface area contributed by atoms with E-state index in [1.807, 2.05) is 19.1 Å². The lowest BCUT2D eigenvalue weighted by Gasteiger charge is -2.37. The summed E-state index contributed by atoms with van der Waals surface area (Å²) in [5, 5.41) is 14.3. The van der Waals surface area contributed by atoms with Crippen molar-refractivity contribution in [1.29, 1.82) is 0 Å². The SMILES string of the molecule is Cc1nc(CSc2ccccc2C(O)N2CCN(Cc3ccccc3)CC2)cs1. The quantitative estimate of drug-likeness (QED) is 0.562. The zero-order valence-corrected chi connectivity index (χ0v) is 18.3. The minimum Gasteiger partial charge on any atom is -0.374 e. The van der Waals surface area contributed by atoms with E-state index in [9.17, 15) is 5.11 Å². The first-order valence-electron chi connectivity index (χ1n) is 10.00. The molecule has 2 heterocycles. The summed E-state index contributed by atoms with van der Waals surface area (Å²) in [6.07, 6.45) is -0.560. The van der Waals surface area contributed by atoms with E-state index < -0.39 is 6.23 Å². The molecule has 1 atom stereocenters. The Morgan fingerprint density at radius 3 is 2.48 bits per heavy atom. The van der Waals surface area contributed by atoms with Crippen LogP contribution in [0.2, 0.25) is 0 Å². The summed E-state index contributed by atoms with van der Waals surface area (Å²) in [6.45, 7) is 6.70. The van der Waals surface area contributed by atoms with Crippen molar-refractivity contribution >= 4 is 23.1 Å². The molecule has 1 saturated heterocycles. The number of aliphatic hydroxyl groups excluding tert-OH is 1. The van der Waals surface area contributed by atoms with Crippen LogP contribution in [-0.4, -0.2) is 46.1 Å². The number of thioether (sulfide) groups is 1. The summed E-state index contributed by atoms with van der Waals surface area (Å²) >= 11 is 3.44. The van der Waals surface area contributed by atoms with Crippen LogP contribution in [0, 0.1) is 6.92 Å². The molecule has 152 valence electrons. The van der Waals surface area contributed by atoms with Gasteiger partial charge in [0.1, 0.15) is 6.23 Å². The van der Waals surface area contributed by atoms with Crippen LogP contribution >= 0.6 is 23.1 Å². The molecule has 29 heavy (non-hydrogen) atoms. The molecule has 1 fully saturated rings. The van der Waals surface area contributed by atoms with E-state index in [1.165, 1.54) is 5.56 Å². The van der Waals surface area contributed by atoms with Gasteiger partial charge < -0.3 is 5.11 Å². The standard InChI is InChI=1S/C23H27N3OS2/c1-18-24-20(16-28-18)17-29-22-10-6-5-9-21(22)23(27)26-13-11-25(12-14-26)15-19-7-3-2-4-8-19/h2-10,16,23,27H,11-15,17H2,1H3. The minimum atomic E-state index is -0.560. The predicted octanol–water partition coefficient (Wildman–Crippen LogP) is 4.55. The first kappa shape index (κ1) is 20.6. The van der Waals surface area contributed by atoms with Gasteiger partial charge in [-0.3, -0.25) is 9.80 Å². The molecule has 1 N–H and O–H groups in total. The Balaban J connectivity index is 1.35. The molecule has 6 heteroatoms. The molecule has 1 aromatic heterocycles. The topological polar surface area (TPSA) is 39.6 Å². The number of thiazole rings is 1. The molecule has 0 radical (unpaired) electrons. The fraction of sp³-hybridized carbons (Fsp3) is 0.348. The van der Waals surface area contributed by atoms with Gasteiger partial charge in [0.25, 0.3) is 0 Å². The monoisotopic (exact) mass is 425 g/mol. The van der Waals surface area contributed by atoms with Crippen molar-refractivity contribution in [2.45, 2.75) is 30.3 Å². The highest BCUT2D eigenvalue weighted by molar-refractivity contribution is 7.98. The van der Waals surface area contributed by atoms with Gasteiger partial charge in [-0.15, -0.1) is 23.1 Å².